The first-order valence-corrected chi connectivity index (χ1v) is 5.96. The van der Waals surface area contributed by atoms with Crippen molar-refractivity contribution in [2.75, 3.05) is 6.61 Å². The number of rotatable bonds is 4. The van der Waals surface area contributed by atoms with Gasteiger partial charge in [-0.25, -0.2) is 19.3 Å². The number of aromatic nitrogens is 3. The van der Waals surface area contributed by atoms with Crippen LogP contribution in [0.1, 0.15) is 33.3 Å². The van der Waals surface area contributed by atoms with Crippen LogP contribution in [0, 0.1) is 6.92 Å². The fraction of sp³-hybridized carbons (Fsp3) is 0.231. The van der Waals surface area contributed by atoms with Gasteiger partial charge in [0.1, 0.15) is 5.56 Å². The topological polar surface area (TPSA) is 94.3 Å². The molecular formula is C13H13N3O4. The first-order chi connectivity index (χ1) is 9.54. The summed E-state index contributed by atoms with van der Waals surface area (Å²) in [5.41, 5.74) is 1.03. The Morgan fingerprint density at radius 1 is 1.35 bits per heavy atom. The van der Waals surface area contributed by atoms with Crippen molar-refractivity contribution in [1.29, 1.82) is 0 Å². The number of nitrogens with zero attached hydrogens (tertiary/aromatic N) is 3. The molecule has 0 amide bonds. The van der Waals surface area contributed by atoms with E-state index in [1.54, 1.807) is 13.8 Å². The monoisotopic (exact) mass is 275 g/mol. The maximum atomic E-state index is 11.7. The molecule has 7 heteroatoms. The molecule has 2 rings (SSSR count). The third-order valence-corrected chi connectivity index (χ3v) is 2.72. The zero-order chi connectivity index (χ0) is 14.7. The molecule has 0 atom stereocenters. The van der Waals surface area contributed by atoms with Crippen molar-refractivity contribution in [2.24, 2.45) is 0 Å². The fourth-order valence-electron chi connectivity index (χ4n) is 1.69. The van der Waals surface area contributed by atoms with Gasteiger partial charge in [-0.15, -0.1) is 0 Å². The first kappa shape index (κ1) is 13.7. The third kappa shape index (κ3) is 2.51. The number of carboxylic acid groups (broad SMARTS) is 1. The quantitative estimate of drug-likeness (QED) is 0.849. The van der Waals surface area contributed by atoms with Crippen LogP contribution >= 0.6 is 0 Å². The second-order valence-electron chi connectivity index (χ2n) is 3.99. The molecule has 0 aliphatic rings. The Balaban J connectivity index is 2.34. The molecule has 0 spiro atoms. The molecule has 7 nitrogen and oxygen atoms in total. The highest BCUT2D eigenvalue weighted by atomic mass is 16.5. The van der Waals surface area contributed by atoms with E-state index in [-0.39, 0.29) is 12.2 Å². The normalized spacial score (nSPS) is 10.3. The molecule has 0 unspecified atom stereocenters. The lowest BCUT2D eigenvalue weighted by molar-refractivity contribution is 0.0525. The van der Waals surface area contributed by atoms with Gasteiger partial charge in [0.2, 0.25) is 0 Å². The number of carbonyl (C=O) groups is 2. The van der Waals surface area contributed by atoms with E-state index in [0.717, 1.165) is 0 Å². The van der Waals surface area contributed by atoms with Crippen LogP contribution in [0.25, 0.3) is 5.82 Å². The van der Waals surface area contributed by atoms with Crippen molar-refractivity contribution in [3.8, 4) is 5.82 Å². The van der Waals surface area contributed by atoms with Crippen molar-refractivity contribution in [3.63, 3.8) is 0 Å². The number of pyridine rings is 1. The molecular weight excluding hydrogens is 262 g/mol. The van der Waals surface area contributed by atoms with Gasteiger partial charge in [-0.1, -0.05) is 0 Å². The van der Waals surface area contributed by atoms with Crippen molar-refractivity contribution in [3.05, 3.63) is 41.3 Å². The average Bonchev–Trinajstić information content (AvgIpc) is 2.81. The van der Waals surface area contributed by atoms with Gasteiger partial charge in [0.05, 0.1) is 24.1 Å². The van der Waals surface area contributed by atoms with Crippen LogP contribution < -0.4 is 0 Å². The highest BCUT2D eigenvalue weighted by molar-refractivity contribution is 5.90. The van der Waals surface area contributed by atoms with Gasteiger partial charge in [0.15, 0.2) is 5.82 Å². The zero-order valence-corrected chi connectivity index (χ0v) is 11.0. The lowest BCUT2D eigenvalue weighted by atomic mass is 10.2. The summed E-state index contributed by atoms with van der Waals surface area (Å²) >= 11 is 0. The van der Waals surface area contributed by atoms with Crippen LogP contribution in [0.4, 0.5) is 0 Å². The Bertz CT molecular complexity index is 646. The van der Waals surface area contributed by atoms with E-state index < -0.39 is 11.9 Å². The summed E-state index contributed by atoms with van der Waals surface area (Å²) in [5.74, 6) is -1.06. The van der Waals surface area contributed by atoms with Gasteiger partial charge in [-0.3, -0.25) is 0 Å². The largest absolute Gasteiger partial charge is 0.478 e. The molecule has 2 heterocycles. The minimum atomic E-state index is -1.05. The Labute approximate surface area is 114 Å². The molecule has 0 aliphatic heterocycles. The van der Waals surface area contributed by atoms with Gasteiger partial charge < -0.3 is 9.84 Å². The Morgan fingerprint density at radius 3 is 2.65 bits per heavy atom. The van der Waals surface area contributed by atoms with E-state index in [4.69, 9.17) is 9.84 Å². The van der Waals surface area contributed by atoms with Gasteiger partial charge in [0.25, 0.3) is 0 Å². The van der Waals surface area contributed by atoms with Gasteiger partial charge in [0, 0.05) is 6.20 Å². The molecule has 0 saturated heterocycles. The SMILES string of the molecule is CCOC(=O)c1cnn(-c2ccc(C(=O)O)cn2)c1C. The van der Waals surface area contributed by atoms with Crippen LogP contribution in [-0.2, 0) is 4.74 Å². The highest BCUT2D eigenvalue weighted by Gasteiger charge is 2.16. The smallest absolute Gasteiger partial charge is 0.341 e. The molecule has 1 N–H and O–H groups in total. The van der Waals surface area contributed by atoms with E-state index in [1.165, 1.54) is 29.2 Å². The zero-order valence-electron chi connectivity index (χ0n) is 11.0. The fourth-order valence-corrected chi connectivity index (χ4v) is 1.69. The lowest BCUT2D eigenvalue weighted by Gasteiger charge is -2.04. The van der Waals surface area contributed by atoms with E-state index in [2.05, 4.69) is 10.1 Å². The molecule has 0 radical (unpaired) electrons. The maximum absolute atomic E-state index is 11.7. The van der Waals surface area contributed by atoms with E-state index in [9.17, 15) is 9.59 Å². The highest BCUT2D eigenvalue weighted by Crippen LogP contribution is 2.14. The Kier molecular flexibility index (Phi) is 3.79. The molecule has 20 heavy (non-hydrogen) atoms. The van der Waals surface area contributed by atoms with Gasteiger partial charge in [-0.2, -0.15) is 5.10 Å². The van der Waals surface area contributed by atoms with Crippen LogP contribution in [0.5, 0.6) is 0 Å². The van der Waals surface area contributed by atoms with Crippen molar-refractivity contribution in [2.45, 2.75) is 13.8 Å². The minimum Gasteiger partial charge on any atom is -0.478 e. The predicted molar refractivity (Wildman–Crippen MR) is 69.0 cm³/mol. The van der Waals surface area contributed by atoms with Crippen molar-refractivity contribution < 1.29 is 19.4 Å². The van der Waals surface area contributed by atoms with Crippen LogP contribution in [0.2, 0.25) is 0 Å². The summed E-state index contributed by atoms with van der Waals surface area (Å²) in [6.45, 7) is 3.73. The lowest BCUT2D eigenvalue weighted by Crippen LogP contribution is -2.08. The van der Waals surface area contributed by atoms with Crippen molar-refractivity contribution >= 4 is 11.9 Å². The summed E-state index contributed by atoms with van der Waals surface area (Å²) in [4.78, 5) is 26.5. The van der Waals surface area contributed by atoms with Crippen LogP contribution in [0.3, 0.4) is 0 Å². The summed E-state index contributed by atoms with van der Waals surface area (Å²) in [5, 5.41) is 12.9. The van der Waals surface area contributed by atoms with Crippen molar-refractivity contribution in [1.82, 2.24) is 14.8 Å². The molecule has 0 aliphatic carbocycles. The van der Waals surface area contributed by atoms with Crippen LogP contribution in [0.15, 0.2) is 24.5 Å². The summed E-state index contributed by atoms with van der Waals surface area (Å²) in [6.07, 6.45) is 2.64. The number of ether oxygens (including phenoxy) is 1. The number of carbonyl (C=O) groups excluding carboxylic acids is 1. The third-order valence-electron chi connectivity index (χ3n) is 2.72. The first-order valence-electron chi connectivity index (χ1n) is 5.96. The number of hydrogen-bond acceptors (Lipinski definition) is 5. The standard InChI is InChI=1S/C13H13N3O4/c1-3-20-13(19)10-7-15-16(8(10)2)11-5-4-9(6-14-11)12(17)18/h4-7H,3H2,1-2H3,(H,17,18). The van der Waals surface area contributed by atoms with E-state index in [0.29, 0.717) is 17.1 Å². The van der Waals surface area contributed by atoms with E-state index in [1.807, 2.05) is 0 Å². The van der Waals surface area contributed by atoms with Gasteiger partial charge in [-0.05, 0) is 26.0 Å². The summed E-state index contributed by atoms with van der Waals surface area (Å²) < 4.78 is 6.37. The minimum absolute atomic E-state index is 0.0872. The Hall–Kier alpha value is -2.70. The average molecular weight is 275 g/mol. The van der Waals surface area contributed by atoms with E-state index >= 15 is 0 Å². The molecule has 2 aromatic rings. The number of aromatic carboxylic acids is 1. The molecule has 104 valence electrons. The molecule has 2 aromatic heterocycles. The second-order valence-corrected chi connectivity index (χ2v) is 3.99. The van der Waals surface area contributed by atoms with Crippen LogP contribution in [-0.4, -0.2) is 38.4 Å². The molecule has 0 fully saturated rings. The number of hydrogen-bond donors (Lipinski definition) is 1. The summed E-state index contributed by atoms with van der Waals surface area (Å²) in [6, 6.07) is 2.95. The molecule has 0 saturated carbocycles. The molecule has 0 aromatic carbocycles. The Morgan fingerprint density at radius 2 is 2.10 bits per heavy atom. The summed E-state index contributed by atoms with van der Waals surface area (Å²) in [7, 11) is 0. The second kappa shape index (κ2) is 5.52. The maximum Gasteiger partial charge on any atom is 0.341 e. The predicted octanol–water partition coefficient (Wildman–Crippen LogP) is 1.45. The van der Waals surface area contributed by atoms with Gasteiger partial charge >= 0.3 is 11.9 Å². The number of esters is 1. The number of carboxylic acids is 1. The molecule has 0 bridgehead atoms.